The molecule has 0 fully saturated rings. The van der Waals surface area contributed by atoms with Gasteiger partial charge in [0.2, 0.25) is 10.0 Å². The van der Waals surface area contributed by atoms with Crippen LogP contribution < -0.4 is 5.73 Å². The highest BCUT2D eigenvalue weighted by Crippen LogP contribution is 2.29. The number of nitrogen functional groups attached to an aromatic ring is 1. The molecule has 0 saturated carbocycles. The lowest BCUT2D eigenvalue weighted by Gasteiger charge is -2.23. The lowest BCUT2D eigenvalue weighted by atomic mass is 10.3. The van der Waals surface area contributed by atoms with Gasteiger partial charge in [0.1, 0.15) is 10.7 Å². The van der Waals surface area contributed by atoms with E-state index in [0.717, 1.165) is 15.2 Å². The Hall–Kier alpha value is -1.44. The van der Waals surface area contributed by atoms with Crippen LogP contribution >= 0.6 is 11.3 Å². The quantitative estimate of drug-likeness (QED) is 0.883. The van der Waals surface area contributed by atoms with E-state index < -0.39 is 15.8 Å². The summed E-state index contributed by atoms with van der Waals surface area (Å²) in [5.41, 5.74) is 5.63. The van der Waals surface area contributed by atoms with Crippen LogP contribution in [0.25, 0.3) is 0 Å². The number of nitrogens with zero attached hydrogens (tertiary/aromatic N) is 1. The van der Waals surface area contributed by atoms with Gasteiger partial charge in [0.25, 0.3) is 0 Å². The molecule has 1 unspecified atom stereocenters. The summed E-state index contributed by atoms with van der Waals surface area (Å²) in [6.07, 6.45) is 0. The molecule has 1 aromatic carbocycles. The topological polar surface area (TPSA) is 63.4 Å². The molecule has 0 aliphatic heterocycles. The Morgan fingerprint density at radius 3 is 2.60 bits per heavy atom. The molecule has 0 spiro atoms. The van der Waals surface area contributed by atoms with Crippen LogP contribution in [0.3, 0.4) is 0 Å². The first-order valence-electron chi connectivity index (χ1n) is 5.90. The van der Waals surface area contributed by atoms with E-state index in [1.165, 1.54) is 30.5 Å². The van der Waals surface area contributed by atoms with Crippen LogP contribution in [-0.2, 0) is 10.0 Å². The van der Waals surface area contributed by atoms with Crippen molar-refractivity contribution in [3.05, 3.63) is 46.4 Å². The van der Waals surface area contributed by atoms with E-state index in [-0.39, 0.29) is 16.6 Å². The van der Waals surface area contributed by atoms with Crippen molar-refractivity contribution in [3.63, 3.8) is 0 Å². The van der Waals surface area contributed by atoms with Gasteiger partial charge in [-0.3, -0.25) is 0 Å². The Morgan fingerprint density at radius 2 is 2.05 bits per heavy atom. The maximum absolute atomic E-state index is 13.8. The number of thiophene rings is 1. The number of hydrogen-bond acceptors (Lipinski definition) is 4. The van der Waals surface area contributed by atoms with E-state index in [1.807, 2.05) is 17.5 Å². The molecule has 2 aromatic rings. The number of benzene rings is 1. The summed E-state index contributed by atoms with van der Waals surface area (Å²) in [5, 5.41) is 1.87. The molecule has 0 radical (unpaired) electrons. The van der Waals surface area contributed by atoms with Crippen LogP contribution in [0, 0.1) is 5.82 Å². The highest BCUT2D eigenvalue weighted by Gasteiger charge is 2.29. The summed E-state index contributed by atoms with van der Waals surface area (Å²) in [5.74, 6) is -0.838. The third-order valence-corrected chi connectivity index (χ3v) is 6.12. The van der Waals surface area contributed by atoms with E-state index in [2.05, 4.69) is 0 Å². The average Bonchev–Trinajstić information content (AvgIpc) is 2.90. The second kappa shape index (κ2) is 5.51. The van der Waals surface area contributed by atoms with Crippen molar-refractivity contribution < 1.29 is 12.8 Å². The van der Waals surface area contributed by atoms with Crippen LogP contribution in [0.4, 0.5) is 10.1 Å². The van der Waals surface area contributed by atoms with E-state index in [9.17, 15) is 12.8 Å². The summed E-state index contributed by atoms with van der Waals surface area (Å²) in [6, 6.07) is 6.91. The third-order valence-electron chi connectivity index (χ3n) is 3.11. The molecule has 0 bridgehead atoms. The summed E-state index contributed by atoms with van der Waals surface area (Å²) >= 11 is 1.46. The van der Waals surface area contributed by atoms with E-state index in [0.29, 0.717) is 0 Å². The number of nitrogens with two attached hydrogens (primary N) is 1. The van der Waals surface area contributed by atoms with Crippen LogP contribution in [0.5, 0.6) is 0 Å². The third kappa shape index (κ3) is 2.70. The molecule has 2 N–H and O–H groups in total. The second-order valence-electron chi connectivity index (χ2n) is 4.40. The Kier molecular flexibility index (Phi) is 4.12. The van der Waals surface area contributed by atoms with Crippen molar-refractivity contribution in [1.82, 2.24) is 4.31 Å². The van der Waals surface area contributed by atoms with Crippen molar-refractivity contribution >= 4 is 27.0 Å². The van der Waals surface area contributed by atoms with Gasteiger partial charge in [-0.25, -0.2) is 12.8 Å². The molecule has 20 heavy (non-hydrogen) atoms. The molecule has 0 amide bonds. The number of sulfonamides is 1. The van der Waals surface area contributed by atoms with Crippen LogP contribution in [0.15, 0.2) is 40.6 Å². The number of rotatable bonds is 4. The first-order chi connectivity index (χ1) is 9.34. The Morgan fingerprint density at radius 1 is 1.35 bits per heavy atom. The smallest absolute Gasteiger partial charge is 0.246 e. The predicted octanol–water partition coefficient (Wildman–Crippen LogP) is 2.85. The van der Waals surface area contributed by atoms with Gasteiger partial charge < -0.3 is 5.73 Å². The Labute approximate surface area is 121 Å². The fourth-order valence-corrected chi connectivity index (χ4v) is 4.08. The van der Waals surface area contributed by atoms with E-state index in [4.69, 9.17) is 5.73 Å². The fourth-order valence-electron chi connectivity index (χ4n) is 1.80. The van der Waals surface area contributed by atoms with Crippen molar-refractivity contribution in [2.24, 2.45) is 0 Å². The molecule has 7 heteroatoms. The Bertz CT molecular complexity index is 699. The molecular formula is C13H15FN2O2S2. The number of anilines is 1. The minimum absolute atomic E-state index is 0.190. The summed E-state index contributed by atoms with van der Waals surface area (Å²) in [7, 11) is -2.46. The number of hydrogen-bond donors (Lipinski definition) is 1. The summed E-state index contributed by atoms with van der Waals surface area (Å²) in [6.45, 7) is 1.76. The molecule has 2 rings (SSSR count). The number of halogens is 1. The zero-order valence-electron chi connectivity index (χ0n) is 11.1. The van der Waals surface area contributed by atoms with Gasteiger partial charge in [-0.1, -0.05) is 6.07 Å². The lowest BCUT2D eigenvalue weighted by Crippen LogP contribution is -2.30. The van der Waals surface area contributed by atoms with Crippen LogP contribution in [0.2, 0.25) is 0 Å². The zero-order valence-corrected chi connectivity index (χ0v) is 12.7. The molecule has 1 heterocycles. The minimum atomic E-state index is -3.90. The fraction of sp³-hybridized carbons (Fsp3) is 0.231. The maximum Gasteiger partial charge on any atom is 0.246 e. The monoisotopic (exact) mass is 314 g/mol. The second-order valence-corrected chi connectivity index (χ2v) is 7.35. The van der Waals surface area contributed by atoms with Gasteiger partial charge >= 0.3 is 0 Å². The molecule has 4 nitrogen and oxygen atoms in total. The lowest BCUT2D eigenvalue weighted by molar-refractivity contribution is 0.399. The van der Waals surface area contributed by atoms with Gasteiger partial charge in [0.05, 0.1) is 6.04 Å². The summed E-state index contributed by atoms with van der Waals surface area (Å²) < 4.78 is 39.9. The highest BCUT2D eigenvalue weighted by molar-refractivity contribution is 7.89. The van der Waals surface area contributed by atoms with Gasteiger partial charge in [-0.2, -0.15) is 4.31 Å². The molecule has 0 aliphatic rings. The SMILES string of the molecule is CC(c1cccs1)N(C)S(=O)(=O)c1ccc(N)cc1F. The largest absolute Gasteiger partial charge is 0.399 e. The highest BCUT2D eigenvalue weighted by atomic mass is 32.2. The first-order valence-corrected chi connectivity index (χ1v) is 8.22. The zero-order chi connectivity index (χ0) is 14.9. The first kappa shape index (κ1) is 15.0. The predicted molar refractivity (Wildman–Crippen MR) is 78.5 cm³/mol. The van der Waals surface area contributed by atoms with Crippen molar-refractivity contribution in [2.75, 3.05) is 12.8 Å². The minimum Gasteiger partial charge on any atom is -0.399 e. The molecule has 108 valence electrons. The Balaban J connectivity index is 2.39. The van der Waals surface area contributed by atoms with Crippen molar-refractivity contribution in [2.45, 2.75) is 17.9 Å². The molecule has 1 aromatic heterocycles. The standard InChI is InChI=1S/C13H15FN2O2S2/c1-9(12-4-3-7-19-12)16(2)20(17,18)13-6-5-10(15)8-11(13)14/h3-9H,15H2,1-2H3. The normalized spacial score (nSPS) is 13.6. The molecule has 0 saturated heterocycles. The van der Waals surface area contributed by atoms with Gasteiger partial charge in [-0.05, 0) is 36.6 Å². The van der Waals surface area contributed by atoms with Crippen molar-refractivity contribution in [1.29, 1.82) is 0 Å². The van der Waals surface area contributed by atoms with E-state index in [1.54, 1.807) is 6.92 Å². The van der Waals surface area contributed by atoms with Crippen LogP contribution in [-0.4, -0.2) is 19.8 Å². The molecule has 0 aliphatic carbocycles. The summed E-state index contributed by atoms with van der Waals surface area (Å²) in [4.78, 5) is 0.532. The van der Waals surface area contributed by atoms with Crippen LogP contribution in [0.1, 0.15) is 17.8 Å². The van der Waals surface area contributed by atoms with E-state index >= 15 is 0 Å². The van der Waals surface area contributed by atoms with Crippen molar-refractivity contribution in [3.8, 4) is 0 Å². The van der Waals surface area contributed by atoms with Gasteiger partial charge in [0, 0.05) is 17.6 Å². The average molecular weight is 314 g/mol. The van der Waals surface area contributed by atoms with Gasteiger partial charge in [0.15, 0.2) is 0 Å². The van der Waals surface area contributed by atoms with Gasteiger partial charge in [-0.15, -0.1) is 11.3 Å². The molecule has 1 atom stereocenters. The maximum atomic E-state index is 13.8. The molecular weight excluding hydrogens is 299 g/mol.